The quantitative estimate of drug-likeness (QED) is 0.801. The number of hydrogen-bond donors (Lipinski definition) is 2. The van der Waals surface area contributed by atoms with Crippen LogP contribution in [0.4, 0.5) is 0 Å². The minimum atomic E-state index is -0.0571. The van der Waals surface area contributed by atoms with E-state index in [0.29, 0.717) is 11.5 Å². The molecule has 0 aromatic heterocycles. The van der Waals surface area contributed by atoms with Crippen LogP contribution >= 0.6 is 0 Å². The van der Waals surface area contributed by atoms with Crippen LogP contribution in [-0.4, -0.2) is 19.3 Å². The van der Waals surface area contributed by atoms with E-state index in [1.54, 1.807) is 12.1 Å². The van der Waals surface area contributed by atoms with Gasteiger partial charge in [-0.3, -0.25) is 0 Å². The Bertz CT molecular complexity index is 341. The monoisotopic (exact) mass is 239 g/mol. The lowest BCUT2D eigenvalue weighted by Gasteiger charge is -2.15. The molecule has 0 saturated carbocycles. The summed E-state index contributed by atoms with van der Waals surface area (Å²) in [6, 6.07) is 3.47. The molecule has 4 heteroatoms. The van der Waals surface area contributed by atoms with Crippen LogP contribution in [0.5, 0.6) is 17.2 Å². The normalized spacial score (nSPS) is 12.2. The van der Waals surface area contributed by atoms with Crippen LogP contribution in [0.3, 0.4) is 0 Å². The van der Waals surface area contributed by atoms with Crippen LogP contribution in [-0.2, 0) is 0 Å². The van der Waals surface area contributed by atoms with Gasteiger partial charge in [-0.1, -0.05) is 19.8 Å². The van der Waals surface area contributed by atoms with Gasteiger partial charge in [-0.25, -0.2) is 0 Å². The third kappa shape index (κ3) is 3.27. The Balaban J connectivity index is 2.99. The van der Waals surface area contributed by atoms with Crippen molar-refractivity contribution in [2.45, 2.75) is 32.2 Å². The van der Waals surface area contributed by atoms with E-state index in [4.69, 9.17) is 15.2 Å². The second-order valence-electron chi connectivity index (χ2n) is 4.02. The van der Waals surface area contributed by atoms with Gasteiger partial charge in [-0.2, -0.15) is 0 Å². The van der Waals surface area contributed by atoms with Crippen molar-refractivity contribution >= 4 is 0 Å². The number of rotatable bonds is 6. The third-order valence-electron chi connectivity index (χ3n) is 2.80. The fourth-order valence-corrected chi connectivity index (χ4v) is 1.72. The lowest BCUT2D eigenvalue weighted by molar-refractivity contribution is 0.338. The maximum absolute atomic E-state index is 9.78. The molecule has 0 aliphatic heterocycles. The Morgan fingerprint density at radius 3 is 2.18 bits per heavy atom. The second-order valence-corrected chi connectivity index (χ2v) is 4.02. The van der Waals surface area contributed by atoms with Crippen LogP contribution in [0.1, 0.15) is 37.8 Å². The Morgan fingerprint density at radius 2 is 1.76 bits per heavy atom. The number of aromatic hydroxyl groups is 1. The summed E-state index contributed by atoms with van der Waals surface area (Å²) in [5.74, 6) is 0.805. The first-order valence-electron chi connectivity index (χ1n) is 5.84. The highest BCUT2D eigenvalue weighted by Gasteiger charge is 2.14. The Labute approximate surface area is 102 Å². The van der Waals surface area contributed by atoms with E-state index in [0.717, 1.165) is 24.8 Å². The van der Waals surface area contributed by atoms with Gasteiger partial charge in [0, 0.05) is 6.04 Å². The molecule has 96 valence electrons. The summed E-state index contributed by atoms with van der Waals surface area (Å²) in [7, 11) is 3.02. The predicted molar refractivity (Wildman–Crippen MR) is 67.7 cm³/mol. The first-order valence-corrected chi connectivity index (χ1v) is 5.84. The van der Waals surface area contributed by atoms with Gasteiger partial charge in [-0.05, 0) is 24.1 Å². The molecule has 1 rings (SSSR count). The molecule has 0 unspecified atom stereocenters. The number of nitrogens with two attached hydrogens (primary N) is 1. The van der Waals surface area contributed by atoms with E-state index in [9.17, 15) is 5.11 Å². The molecule has 4 nitrogen and oxygen atoms in total. The van der Waals surface area contributed by atoms with Crippen molar-refractivity contribution in [3.8, 4) is 17.2 Å². The van der Waals surface area contributed by atoms with Gasteiger partial charge in [0.15, 0.2) is 11.5 Å². The van der Waals surface area contributed by atoms with Crippen molar-refractivity contribution in [1.82, 2.24) is 0 Å². The molecule has 1 aromatic carbocycles. The van der Waals surface area contributed by atoms with Crippen molar-refractivity contribution in [2.75, 3.05) is 14.2 Å². The van der Waals surface area contributed by atoms with E-state index in [-0.39, 0.29) is 11.8 Å². The van der Waals surface area contributed by atoms with Crippen molar-refractivity contribution in [3.05, 3.63) is 17.7 Å². The summed E-state index contributed by atoms with van der Waals surface area (Å²) in [5.41, 5.74) is 7.01. The van der Waals surface area contributed by atoms with Gasteiger partial charge >= 0.3 is 0 Å². The largest absolute Gasteiger partial charge is 0.502 e. The first-order chi connectivity index (χ1) is 8.13. The average molecular weight is 239 g/mol. The van der Waals surface area contributed by atoms with Crippen molar-refractivity contribution < 1.29 is 14.6 Å². The number of phenols is 1. The number of benzene rings is 1. The lowest BCUT2D eigenvalue weighted by Crippen LogP contribution is -2.10. The zero-order valence-corrected chi connectivity index (χ0v) is 10.7. The van der Waals surface area contributed by atoms with E-state index < -0.39 is 0 Å². The molecule has 17 heavy (non-hydrogen) atoms. The minimum absolute atomic E-state index is 0.0152. The van der Waals surface area contributed by atoms with Gasteiger partial charge < -0.3 is 20.3 Å². The first kappa shape index (κ1) is 13.6. The van der Waals surface area contributed by atoms with Crippen molar-refractivity contribution in [3.63, 3.8) is 0 Å². The fraction of sp³-hybridized carbons (Fsp3) is 0.538. The Hall–Kier alpha value is -1.42. The molecule has 0 aliphatic carbocycles. The molecule has 0 fully saturated rings. The minimum Gasteiger partial charge on any atom is -0.502 e. The van der Waals surface area contributed by atoms with Crippen LogP contribution < -0.4 is 15.2 Å². The molecule has 0 amide bonds. The number of hydrogen-bond acceptors (Lipinski definition) is 4. The molecule has 0 bridgehead atoms. The molecule has 0 spiro atoms. The standard InChI is InChI=1S/C13H21NO3/c1-4-5-6-10(14)9-7-11(16-2)13(15)12(8-9)17-3/h7-8,10,15H,4-6,14H2,1-3H3/t10-/m0/s1. The molecule has 0 heterocycles. The highest BCUT2D eigenvalue weighted by Crippen LogP contribution is 2.38. The van der Waals surface area contributed by atoms with Crippen LogP contribution in [0.2, 0.25) is 0 Å². The maximum atomic E-state index is 9.78. The highest BCUT2D eigenvalue weighted by molar-refractivity contribution is 5.53. The van der Waals surface area contributed by atoms with Crippen molar-refractivity contribution in [1.29, 1.82) is 0 Å². The number of phenolic OH excluding ortho intramolecular Hbond substituents is 1. The van der Waals surface area contributed by atoms with Crippen molar-refractivity contribution in [2.24, 2.45) is 5.73 Å². The third-order valence-corrected chi connectivity index (χ3v) is 2.80. The van der Waals surface area contributed by atoms with Gasteiger partial charge in [0.05, 0.1) is 14.2 Å². The maximum Gasteiger partial charge on any atom is 0.200 e. The molecular formula is C13H21NO3. The predicted octanol–water partition coefficient (Wildman–Crippen LogP) is 2.60. The number of unbranched alkanes of at least 4 members (excludes halogenated alkanes) is 1. The summed E-state index contributed by atoms with van der Waals surface area (Å²) in [5, 5.41) is 9.78. The molecule has 1 atom stereocenters. The molecule has 3 N–H and O–H groups in total. The van der Waals surface area contributed by atoms with E-state index >= 15 is 0 Å². The molecule has 0 saturated heterocycles. The van der Waals surface area contributed by atoms with Crippen LogP contribution in [0.15, 0.2) is 12.1 Å². The second kappa shape index (κ2) is 6.35. The zero-order valence-electron chi connectivity index (χ0n) is 10.7. The summed E-state index contributed by atoms with van der Waals surface area (Å²) in [6.07, 6.45) is 3.10. The fourth-order valence-electron chi connectivity index (χ4n) is 1.72. The van der Waals surface area contributed by atoms with Gasteiger partial charge in [0.2, 0.25) is 5.75 Å². The molecule has 0 radical (unpaired) electrons. The van der Waals surface area contributed by atoms with Gasteiger partial charge in [-0.15, -0.1) is 0 Å². The highest BCUT2D eigenvalue weighted by atomic mass is 16.5. The Morgan fingerprint density at radius 1 is 1.24 bits per heavy atom. The Kier molecular flexibility index (Phi) is 5.10. The summed E-state index contributed by atoms with van der Waals surface area (Å²) in [4.78, 5) is 0. The van der Waals surface area contributed by atoms with E-state index in [1.807, 2.05) is 0 Å². The van der Waals surface area contributed by atoms with E-state index in [1.165, 1.54) is 14.2 Å². The molecule has 1 aromatic rings. The average Bonchev–Trinajstić information content (AvgIpc) is 2.36. The van der Waals surface area contributed by atoms with E-state index in [2.05, 4.69) is 6.92 Å². The molecule has 0 aliphatic rings. The van der Waals surface area contributed by atoms with Crippen LogP contribution in [0, 0.1) is 0 Å². The van der Waals surface area contributed by atoms with Gasteiger partial charge in [0.25, 0.3) is 0 Å². The lowest BCUT2D eigenvalue weighted by atomic mass is 10.0. The number of methoxy groups -OCH3 is 2. The molecular weight excluding hydrogens is 218 g/mol. The van der Waals surface area contributed by atoms with Gasteiger partial charge in [0.1, 0.15) is 0 Å². The SMILES string of the molecule is CCCC[C@H](N)c1cc(OC)c(O)c(OC)c1. The summed E-state index contributed by atoms with van der Waals surface area (Å²) in [6.45, 7) is 2.13. The number of ether oxygens (including phenoxy) is 2. The zero-order chi connectivity index (χ0) is 12.8. The smallest absolute Gasteiger partial charge is 0.200 e. The summed E-state index contributed by atoms with van der Waals surface area (Å²) >= 11 is 0. The van der Waals surface area contributed by atoms with Crippen LogP contribution in [0.25, 0.3) is 0 Å². The summed E-state index contributed by atoms with van der Waals surface area (Å²) < 4.78 is 10.2. The topological polar surface area (TPSA) is 64.7 Å².